The van der Waals surface area contributed by atoms with Crippen LogP contribution in [-0.2, 0) is 0 Å². The summed E-state index contributed by atoms with van der Waals surface area (Å²) >= 11 is 0. The van der Waals surface area contributed by atoms with E-state index >= 15 is 0 Å². The number of carbonyl (C=O) groups excluding carboxylic acids is 1. The SMILES string of the molecule is CC(=O)c1cc(N2CCCC2)cc(S(F)(F)(F)(F)F)c1. The van der Waals surface area contributed by atoms with Crippen LogP contribution < -0.4 is 4.90 Å². The minimum atomic E-state index is -9.78. The first-order chi connectivity index (χ1) is 8.86. The molecule has 1 fully saturated rings. The van der Waals surface area contributed by atoms with E-state index in [1.807, 2.05) is 0 Å². The molecule has 1 heterocycles. The number of nitrogens with zero attached hydrogens (tertiary/aromatic N) is 1. The van der Waals surface area contributed by atoms with E-state index < -0.39 is 20.9 Å². The molecular weight excluding hydrogens is 301 g/mol. The Labute approximate surface area is 113 Å². The monoisotopic (exact) mass is 315 g/mol. The molecular formula is C12H14F5NOS. The number of benzene rings is 1. The predicted molar refractivity (Wildman–Crippen MR) is 69.3 cm³/mol. The summed E-state index contributed by atoms with van der Waals surface area (Å²) < 4.78 is 64.6. The summed E-state index contributed by atoms with van der Waals surface area (Å²) in [7, 11) is -9.78. The Morgan fingerprint density at radius 1 is 1.05 bits per heavy atom. The highest BCUT2D eigenvalue weighted by molar-refractivity contribution is 8.45. The van der Waals surface area contributed by atoms with Crippen LogP contribution in [0.15, 0.2) is 23.1 Å². The molecule has 0 atom stereocenters. The molecule has 1 aromatic carbocycles. The highest BCUT2D eigenvalue weighted by Crippen LogP contribution is 3.02. The van der Waals surface area contributed by atoms with E-state index in [0.29, 0.717) is 19.2 Å². The maximum absolute atomic E-state index is 12.9. The van der Waals surface area contributed by atoms with Crippen LogP contribution in [0.1, 0.15) is 30.1 Å². The van der Waals surface area contributed by atoms with Crippen LogP contribution in [0, 0.1) is 0 Å². The highest BCUT2D eigenvalue weighted by atomic mass is 32.5. The Hall–Kier alpha value is -1.31. The van der Waals surface area contributed by atoms with Crippen molar-refractivity contribution in [1.82, 2.24) is 0 Å². The van der Waals surface area contributed by atoms with Crippen molar-refractivity contribution in [3.8, 4) is 0 Å². The minimum Gasteiger partial charge on any atom is -0.371 e. The van der Waals surface area contributed by atoms with Crippen molar-refractivity contribution in [2.24, 2.45) is 0 Å². The van der Waals surface area contributed by atoms with Crippen LogP contribution in [0.5, 0.6) is 0 Å². The van der Waals surface area contributed by atoms with Crippen LogP contribution in [0.4, 0.5) is 25.1 Å². The van der Waals surface area contributed by atoms with Gasteiger partial charge in [-0.1, -0.05) is 19.4 Å². The summed E-state index contributed by atoms with van der Waals surface area (Å²) in [6.45, 7) is 2.06. The van der Waals surface area contributed by atoms with Gasteiger partial charge in [-0.3, -0.25) is 4.79 Å². The Bertz CT molecular complexity index is 563. The number of Topliss-reactive ketones (excluding diaryl/α,β-unsaturated/α-hetero) is 1. The van der Waals surface area contributed by atoms with E-state index in [9.17, 15) is 24.2 Å². The molecule has 0 aliphatic carbocycles. The van der Waals surface area contributed by atoms with Gasteiger partial charge in [0, 0.05) is 24.3 Å². The molecule has 1 aromatic rings. The van der Waals surface area contributed by atoms with Gasteiger partial charge in [0.05, 0.1) is 0 Å². The van der Waals surface area contributed by atoms with E-state index in [0.717, 1.165) is 19.8 Å². The highest BCUT2D eigenvalue weighted by Gasteiger charge is 2.65. The predicted octanol–water partition coefficient (Wildman–Crippen LogP) is 5.15. The number of hydrogen-bond donors (Lipinski definition) is 0. The molecule has 0 spiro atoms. The van der Waals surface area contributed by atoms with Crippen molar-refractivity contribution >= 4 is 21.7 Å². The molecule has 0 radical (unpaired) electrons. The Morgan fingerprint density at radius 2 is 1.60 bits per heavy atom. The number of rotatable bonds is 3. The third-order valence-electron chi connectivity index (χ3n) is 3.21. The Kier molecular flexibility index (Phi) is 2.92. The molecule has 20 heavy (non-hydrogen) atoms. The van der Waals surface area contributed by atoms with Crippen LogP contribution in [0.25, 0.3) is 0 Å². The number of hydrogen-bond acceptors (Lipinski definition) is 2. The molecule has 1 aliphatic heterocycles. The van der Waals surface area contributed by atoms with E-state index in [-0.39, 0.29) is 17.3 Å². The fourth-order valence-electron chi connectivity index (χ4n) is 2.17. The van der Waals surface area contributed by atoms with Gasteiger partial charge in [0.1, 0.15) is 4.90 Å². The van der Waals surface area contributed by atoms with Gasteiger partial charge < -0.3 is 4.90 Å². The first-order valence-electron chi connectivity index (χ1n) is 6.02. The van der Waals surface area contributed by atoms with Gasteiger partial charge in [0.2, 0.25) is 0 Å². The van der Waals surface area contributed by atoms with Crippen molar-refractivity contribution in [2.45, 2.75) is 24.7 Å². The molecule has 114 valence electrons. The van der Waals surface area contributed by atoms with Gasteiger partial charge in [-0.25, -0.2) is 0 Å². The van der Waals surface area contributed by atoms with Crippen LogP contribution in [0.3, 0.4) is 0 Å². The van der Waals surface area contributed by atoms with Crippen LogP contribution in [-0.4, -0.2) is 18.9 Å². The standard InChI is InChI=1S/C12H14F5NOS/c1-9(19)10-6-11(18-4-2-3-5-18)8-12(7-10)20(13,14,15,16)17/h6-8H,2-5H2,1H3. The third kappa shape index (κ3) is 3.23. The summed E-state index contributed by atoms with van der Waals surface area (Å²) in [5, 5.41) is 0. The smallest absolute Gasteiger partial charge is 0.310 e. The number of anilines is 1. The lowest BCUT2D eigenvalue weighted by molar-refractivity contribution is 0.101. The maximum atomic E-state index is 12.9. The van der Waals surface area contributed by atoms with E-state index in [1.54, 1.807) is 4.90 Å². The minimum absolute atomic E-state index is 0.0263. The number of ketones is 1. The Balaban J connectivity index is 2.61. The lowest BCUT2D eigenvalue weighted by atomic mass is 10.1. The average molecular weight is 315 g/mol. The van der Waals surface area contributed by atoms with Crippen molar-refractivity contribution in [3.63, 3.8) is 0 Å². The summed E-state index contributed by atoms with van der Waals surface area (Å²) in [5.41, 5.74) is -0.323. The van der Waals surface area contributed by atoms with Gasteiger partial charge in [-0.2, -0.15) is 0 Å². The zero-order chi connectivity index (χ0) is 15.2. The van der Waals surface area contributed by atoms with Gasteiger partial charge in [-0.15, -0.1) is 0 Å². The zero-order valence-corrected chi connectivity index (χ0v) is 11.5. The number of halogens is 5. The lowest BCUT2D eigenvalue weighted by Crippen LogP contribution is -2.19. The fourth-order valence-corrected chi connectivity index (χ4v) is 2.86. The molecule has 2 rings (SSSR count). The van der Waals surface area contributed by atoms with E-state index in [1.165, 1.54) is 6.07 Å². The third-order valence-corrected chi connectivity index (χ3v) is 4.34. The fraction of sp³-hybridized carbons (Fsp3) is 0.417. The lowest BCUT2D eigenvalue weighted by Gasteiger charge is -2.41. The molecule has 0 amide bonds. The summed E-state index contributed by atoms with van der Waals surface area (Å²) in [5.74, 6) is -0.672. The van der Waals surface area contributed by atoms with Gasteiger partial charge in [0.15, 0.2) is 5.78 Å². The van der Waals surface area contributed by atoms with E-state index in [4.69, 9.17) is 0 Å². The summed E-state index contributed by atoms with van der Waals surface area (Å²) in [4.78, 5) is 10.9. The first-order valence-corrected chi connectivity index (χ1v) is 7.97. The molecule has 0 aromatic heterocycles. The summed E-state index contributed by atoms with van der Waals surface area (Å²) in [6, 6.07) is 1.92. The maximum Gasteiger partial charge on any atom is 0.310 e. The van der Waals surface area contributed by atoms with Crippen LogP contribution >= 0.6 is 10.2 Å². The van der Waals surface area contributed by atoms with Crippen molar-refractivity contribution in [1.29, 1.82) is 0 Å². The van der Waals surface area contributed by atoms with Gasteiger partial charge >= 0.3 is 10.2 Å². The topological polar surface area (TPSA) is 20.3 Å². The average Bonchev–Trinajstić information content (AvgIpc) is 2.78. The zero-order valence-electron chi connectivity index (χ0n) is 10.7. The van der Waals surface area contributed by atoms with Gasteiger partial charge in [0.25, 0.3) is 0 Å². The molecule has 0 bridgehead atoms. The first kappa shape index (κ1) is 15.1. The second kappa shape index (κ2) is 3.87. The molecule has 8 heteroatoms. The van der Waals surface area contributed by atoms with Crippen molar-refractivity contribution < 1.29 is 24.2 Å². The quantitative estimate of drug-likeness (QED) is 0.568. The Morgan fingerprint density at radius 3 is 2.05 bits per heavy atom. The molecule has 0 N–H and O–H groups in total. The molecule has 0 saturated carbocycles. The van der Waals surface area contributed by atoms with Crippen molar-refractivity contribution in [3.05, 3.63) is 23.8 Å². The summed E-state index contributed by atoms with van der Waals surface area (Å²) in [6.07, 6.45) is 1.58. The second-order valence-corrected chi connectivity index (χ2v) is 7.34. The van der Waals surface area contributed by atoms with Gasteiger partial charge in [-0.05, 0) is 38.0 Å². The van der Waals surface area contributed by atoms with Crippen LogP contribution in [0.2, 0.25) is 0 Å². The molecule has 1 saturated heterocycles. The number of carbonyl (C=O) groups is 1. The van der Waals surface area contributed by atoms with Crippen molar-refractivity contribution in [2.75, 3.05) is 18.0 Å². The largest absolute Gasteiger partial charge is 0.371 e. The normalized spacial score (nSPS) is 19.6. The second-order valence-electron chi connectivity index (χ2n) is 4.93. The molecule has 1 aliphatic rings. The molecule has 2 nitrogen and oxygen atoms in total. The molecule has 0 unspecified atom stereocenters. The van der Waals surface area contributed by atoms with E-state index in [2.05, 4.69) is 0 Å².